The number of nitrogens with one attached hydrogen (secondary N) is 2. The first-order chi connectivity index (χ1) is 26.4. The quantitative estimate of drug-likeness (QED) is 0.139. The summed E-state index contributed by atoms with van der Waals surface area (Å²) in [6, 6.07) is 18.5. The molecule has 3 aliphatic rings. The number of oxazole rings is 2. The van der Waals surface area contributed by atoms with Crippen LogP contribution in [-0.2, 0) is 17.3 Å². The Bertz CT molecular complexity index is 2230. The lowest BCUT2D eigenvalue weighted by Gasteiger charge is -2.33. The highest BCUT2D eigenvalue weighted by molar-refractivity contribution is 6.32. The van der Waals surface area contributed by atoms with Gasteiger partial charge in [0.15, 0.2) is 12.8 Å². The van der Waals surface area contributed by atoms with E-state index in [0.717, 1.165) is 102 Å². The standard InChI is InChI=1S/C42H42Cl2N8O2/c1-41(36-22-53-24-47-36,34-14-4-10-30(51-34)28-8-2-12-32(49-28)39-27(43)7-6-19-45-39)21-26-16-20-46-40(38(26)44)33-13-3-9-29(50-33)31-11-5-15-35(52-31)42(17-18-42)37-23-54-25-48-37/h4-7,10-11,14-16,19-20,22-25,28-29,32-33,49-50H,2-3,8-9,12-13,17-18,21H2,1H3/t28-,29-,32+,33+,41?/m1/s1. The van der Waals surface area contributed by atoms with Crippen LogP contribution in [0.5, 0.6) is 0 Å². The molecule has 2 N–H and O–H groups in total. The average Bonchev–Trinajstić information content (AvgIpc) is 3.54. The van der Waals surface area contributed by atoms with Gasteiger partial charge in [-0.2, -0.15) is 0 Å². The molecule has 2 aliphatic heterocycles. The van der Waals surface area contributed by atoms with E-state index in [9.17, 15) is 0 Å². The zero-order valence-corrected chi connectivity index (χ0v) is 31.6. The minimum atomic E-state index is -0.640. The van der Waals surface area contributed by atoms with Gasteiger partial charge in [0, 0.05) is 24.5 Å². The van der Waals surface area contributed by atoms with Crippen LogP contribution < -0.4 is 10.6 Å². The lowest BCUT2D eigenvalue weighted by molar-refractivity contribution is 0.320. The van der Waals surface area contributed by atoms with E-state index >= 15 is 0 Å². The second-order valence-corrected chi connectivity index (χ2v) is 16.0. The first-order valence-electron chi connectivity index (χ1n) is 18.9. The Morgan fingerprint density at radius 1 is 0.685 bits per heavy atom. The second kappa shape index (κ2) is 14.6. The van der Waals surface area contributed by atoms with Gasteiger partial charge < -0.3 is 19.5 Å². The molecule has 10 nitrogen and oxygen atoms in total. The normalized spacial score (nSPS) is 23.5. The minimum absolute atomic E-state index is 0.0234. The molecule has 1 unspecified atom stereocenters. The van der Waals surface area contributed by atoms with Crippen LogP contribution in [0.1, 0.15) is 134 Å². The van der Waals surface area contributed by atoms with Gasteiger partial charge in [0.05, 0.1) is 78.5 Å². The maximum Gasteiger partial charge on any atom is 0.180 e. The number of pyridine rings is 4. The molecule has 6 aromatic rings. The Labute approximate surface area is 324 Å². The van der Waals surface area contributed by atoms with Gasteiger partial charge in [-0.05, 0) is 113 Å². The monoisotopic (exact) mass is 760 g/mol. The smallest absolute Gasteiger partial charge is 0.180 e. The fourth-order valence-corrected chi connectivity index (χ4v) is 9.13. The molecule has 0 bridgehead atoms. The number of hydrogen-bond donors (Lipinski definition) is 2. The van der Waals surface area contributed by atoms with Crippen LogP contribution in [0.4, 0.5) is 0 Å². The molecule has 5 atom stereocenters. The predicted octanol–water partition coefficient (Wildman–Crippen LogP) is 9.29. The molecule has 6 aromatic heterocycles. The van der Waals surface area contributed by atoms with Crippen molar-refractivity contribution in [2.75, 3.05) is 0 Å². The third kappa shape index (κ3) is 6.63. The number of piperidine rings is 2. The van der Waals surface area contributed by atoms with Crippen LogP contribution in [0, 0.1) is 0 Å². The van der Waals surface area contributed by atoms with Crippen LogP contribution in [0.2, 0.25) is 10.0 Å². The number of rotatable bonds is 10. The summed E-state index contributed by atoms with van der Waals surface area (Å²) < 4.78 is 10.9. The number of aromatic nitrogens is 6. The Hall–Kier alpha value is -4.48. The summed E-state index contributed by atoms with van der Waals surface area (Å²) in [6.45, 7) is 2.16. The van der Waals surface area contributed by atoms with Crippen LogP contribution in [0.25, 0.3) is 0 Å². The second-order valence-electron chi connectivity index (χ2n) is 15.2. The van der Waals surface area contributed by atoms with Gasteiger partial charge in [-0.15, -0.1) is 0 Å². The van der Waals surface area contributed by atoms with Crippen LogP contribution in [-0.4, -0.2) is 29.9 Å². The summed E-state index contributed by atoms with van der Waals surface area (Å²) in [6.07, 6.45) is 18.6. The van der Waals surface area contributed by atoms with E-state index in [-0.39, 0.29) is 29.6 Å². The first-order valence-corrected chi connectivity index (χ1v) is 19.6. The lowest BCUT2D eigenvalue weighted by Crippen LogP contribution is -2.34. The highest BCUT2D eigenvalue weighted by Crippen LogP contribution is 2.52. The van der Waals surface area contributed by atoms with E-state index in [1.807, 2.05) is 24.4 Å². The maximum atomic E-state index is 7.36. The summed E-state index contributed by atoms with van der Waals surface area (Å²) >= 11 is 13.9. The summed E-state index contributed by atoms with van der Waals surface area (Å²) in [4.78, 5) is 29.1. The van der Waals surface area contributed by atoms with Crippen molar-refractivity contribution in [1.82, 2.24) is 40.5 Å². The van der Waals surface area contributed by atoms with Crippen molar-refractivity contribution in [3.63, 3.8) is 0 Å². The van der Waals surface area contributed by atoms with E-state index in [2.05, 4.69) is 68.9 Å². The SMILES string of the molecule is CC(Cc1ccnc([C@@H]2CCC[C@H](c3cccc(C4(c5cocn5)CC4)n3)N2)c1Cl)(c1cocn1)c1cccc([C@H]2CCC[C@@H](c3ncccc3Cl)N2)n1. The van der Waals surface area contributed by atoms with Crippen LogP contribution in [0.3, 0.4) is 0 Å². The number of hydrogen-bond acceptors (Lipinski definition) is 10. The molecular weight excluding hydrogens is 719 g/mol. The lowest BCUT2D eigenvalue weighted by atomic mass is 9.77. The molecule has 54 heavy (non-hydrogen) atoms. The highest BCUT2D eigenvalue weighted by atomic mass is 35.5. The van der Waals surface area contributed by atoms with E-state index in [0.29, 0.717) is 16.5 Å². The highest BCUT2D eigenvalue weighted by Gasteiger charge is 2.49. The predicted molar refractivity (Wildman–Crippen MR) is 205 cm³/mol. The molecule has 1 saturated carbocycles. The van der Waals surface area contributed by atoms with Gasteiger partial charge in [-0.25, -0.2) is 9.97 Å². The Morgan fingerprint density at radius 2 is 1.37 bits per heavy atom. The van der Waals surface area contributed by atoms with E-state index in [1.54, 1.807) is 18.7 Å². The molecule has 0 aromatic carbocycles. The summed E-state index contributed by atoms with van der Waals surface area (Å²) in [5, 5.41) is 9.00. The molecule has 9 rings (SSSR count). The Morgan fingerprint density at radius 3 is 2.07 bits per heavy atom. The van der Waals surface area contributed by atoms with Crippen molar-refractivity contribution in [2.24, 2.45) is 0 Å². The summed E-state index contributed by atoms with van der Waals surface area (Å²) in [5.41, 5.74) is 7.63. The zero-order valence-electron chi connectivity index (χ0n) is 30.1. The summed E-state index contributed by atoms with van der Waals surface area (Å²) in [5.74, 6) is 0. The zero-order chi connectivity index (χ0) is 36.7. The molecule has 2 saturated heterocycles. The molecule has 8 heterocycles. The maximum absolute atomic E-state index is 7.36. The summed E-state index contributed by atoms with van der Waals surface area (Å²) in [7, 11) is 0. The molecule has 12 heteroatoms. The van der Waals surface area contributed by atoms with Gasteiger partial charge in [-0.1, -0.05) is 35.3 Å². The Balaban J connectivity index is 0.973. The molecule has 1 aliphatic carbocycles. The van der Waals surface area contributed by atoms with E-state index in [1.165, 1.54) is 12.8 Å². The van der Waals surface area contributed by atoms with Crippen LogP contribution in [0.15, 0.2) is 101 Å². The Kier molecular flexibility index (Phi) is 9.55. The fraction of sp³-hybridized carbons (Fsp3) is 0.381. The molecule has 0 radical (unpaired) electrons. The molecule has 0 amide bonds. The molecule has 276 valence electrons. The molecule has 0 spiro atoms. The van der Waals surface area contributed by atoms with Crippen molar-refractivity contribution >= 4 is 23.2 Å². The molecule has 3 fully saturated rings. The minimum Gasteiger partial charge on any atom is -0.451 e. The van der Waals surface area contributed by atoms with Gasteiger partial charge in [-0.3, -0.25) is 19.9 Å². The topological polar surface area (TPSA) is 128 Å². The fourth-order valence-electron chi connectivity index (χ4n) is 8.57. The van der Waals surface area contributed by atoms with Crippen molar-refractivity contribution in [3.05, 3.63) is 153 Å². The van der Waals surface area contributed by atoms with Gasteiger partial charge in [0.2, 0.25) is 0 Å². The van der Waals surface area contributed by atoms with Crippen LogP contribution >= 0.6 is 23.2 Å². The van der Waals surface area contributed by atoms with Gasteiger partial charge >= 0.3 is 0 Å². The van der Waals surface area contributed by atoms with Crippen molar-refractivity contribution in [2.45, 2.75) is 99.7 Å². The van der Waals surface area contributed by atoms with E-state index in [4.69, 9.17) is 47.0 Å². The third-order valence-corrected chi connectivity index (χ3v) is 12.5. The average molecular weight is 762 g/mol. The largest absolute Gasteiger partial charge is 0.451 e. The van der Waals surface area contributed by atoms with Crippen molar-refractivity contribution in [3.8, 4) is 0 Å². The first kappa shape index (κ1) is 35.2. The molecular formula is C42H42Cl2N8O2. The van der Waals surface area contributed by atoms with Gasteiger partial charge in [0.1, 0.15) is 12.5 Å². The van der Waals surface area contributed by atoms with E-state index < -0.39 is 5.41 Å². The van der Waals surface area contributed by atoms with Crippen molar-refractivity contribution in [1.29, 1.82) is 0 Å². The third-order valence-electron chi connectivity index (χ3n) is 11.7. The number of nitrogens with zero attached hydrogens (tertiary/aromatic N) is 6. The van der Waals surface area contributed by atoms with Gasteiger partial charge in [0.25, 0.3) is 0 Å². The number of halogens is 2. The van der Waals surface area contributed by atoms with Crippen molar-refractivity contribution < 1.29 is 8.83 Å².